The molecule has 4 nitrogen and oxygen atoms in total. The molecule has 0 heterocycles. The Morgan fingerprint density at radius 3 is 2.57 bits per heavy atom. The van der Waals surface area contributed by atoms with Gasteiger partial charge in [-0.2, -0.15) is 0 Å². The van der Waals surface area contributed by atoms with Crippen LogP contribution in [0.15, 0.2) is 0 Å². The van der Waals surface area contributed by atoms with Gasteiger partial charge in [0.25, 0.3) is 0 Å². The molecule has 0 saturated heterocycles. The molecule has 0 spiro atoms. The zero-order valence-corrected chi connectivity index (χ0v) is 19.6. The SMILES string of the molecule is CCOC(=O)CC[C@@H](C)[C@H]1CC[C@H]2[C@@H]3CCC4C[C@@H](O)CC[C@]4(C)[C@H]3C[C@@H](O)[C@]12C. The van der Waals surface area contributed by atoms with Gasteiger partial charge in [0, 0.05) is 6.42 Å². The predicted molar refractivity (Wildman–Crippen MR) is 118 cm³/mol. The minimum atomic E-state index is -0.247. The van der Waals surface area contributed by atoms with E-state index in [0.29, 0.717) is 42.6 Å². The number of rotatable bonds is 5. The Kier molecular flexibility index (Phi) is 6.31. The van der Waals surface area contributed by atoms with Crippen molar-refractivity contribution in [3.8, 4) is 0 Å². The van der Waals surface area contributed by atoms with Crippen LogP contribution in [0.4, 0.5) is 0 Å². The molecule has 0 aliphatic heterocycles. The lowest BCUT2D eigenvalue weighted by Gasteiger charge is -2.62. The highest BCUT2D eigenvalue weighted by Crippen LogP contribution is 2.68. The van der Waals surface area contributed by atoms with Crippen LogP contribution in [0.3, 0.4) is 0 Å². The van der Waals surface area contributed by atoms with Gasteiger partial charge in [0.15, 0.2) is 0 Å². The summed E-state index contributed by atoms with van der Waals surface area (Å²) in [5, 5.41) is 21.8. The number of fused-ring (bicyclic) bond motifs is 5. The van der Waals surface area contributed by atoms with E-state index in [2.05, 4.69) is 20.8 Å². The van der Waals surface area contributed by atoms with Crippen molar-refractivity contribution in [2.75, 3.05) is 6.61 Å². The van der Waals surface area contributed by atoms with Gasteiger partial charge in [0.1, 0.15) is 0 Å². The average molecular weight is 421 g/mol. The van der Waals surface area contributed by atoms with Crippen molar-refractivity contribution in [1.29, 1.82) is 0 Å². The molecule has 4 aliphatic carbocycles. The molecule has 2 N–H and O–H groups in total. The van der Waals surface area contributed by atoms with Crippen molar-refractivity contribution in [1.82, 2.24) is 0 Å². The van der Waals surface area contributed by atoms with E-state index in [1.807, 2.05) is 6.92 Å². The molecular formula is C26H44O4. The molecule has 1 unspecified atom stereocenters. The number of esters is 1. The third kappa shape index (κ3) is 3.54. The van der Waals surface area contributed by atoms with Crippen molar-refractivity contribution >= 4 is 5.97 Å². The fraction of sp³-hybridized carbons (Fsp3) is 0.962. The van der Waals surface area contributed by atoms with Gasteiger partial charge < -0.3 is 14.9 Å². The normalized spacial score (nSPS) is 48.9. The maximum absolute atomic E-state index is 11.9. The second-order valence-electron chi connectivity index (χ2n) is 11.7. The first-order valence-electron chi connectivity index (χ1n) is 12.7. The second kappa shape index (κ2) is 8.39. The number of ether oxygens (including phenoxy) is 1. The van der Waals surface area contributed by atoms with Gasteiger partial charge in [-0.1, -0.05) is 20.8 Å². The van der Waals surface area contributed by atoms with E-state index >= 15 is 0 Å². The highest BCUT2D eigenvalue weighted by atomic mass is 16.5. The number of hydrogen-bond donors (Lipinski definition) is 2. The molecule has 4 rings (SSSR count). The van der Waals surface area contributed by atoms with Crippen LogP contribution in [-0.2, 0) is 9.53 Å². The number of aliphatic hydroxyl groups is 2. The molecule has 172 valence electrons. The monoisotopic (exact) mass is 420 g/mol. The third-order valence-corrected chi connectivity index (χ3v) is 10.6. The molecule has 0 radical (unpaired) electrons. The minimum absolute atomic E-state index is 0.0212. The third-order valence-electron chi connectivity index (χ3n) is 10.6. The average Bonchev–Trinajstić information content (AvgIpc) is 3.07. The van der Waals surface area contributed by atoms with Gasteiger partial charge in [-0.3, -0.25) is 4.79 Å². The summed E-state index contributed by atoms with van der Waals surface area (Å²) in [7, 11) is 0. The van der Waals surface area contributed by atoms with Crippen LogP contribution in [0.1, 0.15) is 91.9 Å². The fourth-order valence-corrected chi connectivity index (χ4v) is 8.94. The molecule has 4 fully saturated rings. The van der Waals surface area contributed by atoms with E-state index in [1.54, 1.807) is 0 Å². The van der Waals surface area contributed by atoms with Crippen molar-refractivity contribution in [3.63, 3.8) is 0 Å². The molecule has 4 saturated carbocycles. The standard InChI is InChI=1S/C26H44O4/c1-5-30-24(29)11-6-16(2)20-9-10-21-19-8-7-17-14-18(27)12-13-25(17,3)22(19)15-23(28)26(20,21)4/h16-23,27-28H,5-15H2,1-4H3/t16-,17?,18+,19+,20-,21+,22+,23-,25+,26-/m1/s1. The van der Waals surface area contributed by atoms with Gasteiger partial charge in [-0.15, -0.1) is 0 Å². The Labute approximate surface area is 183 Å². The summed E-state index contributed by atoms with van der Waals surface area (Å²) in [5.74, 6) is 3.39. The molecule has 0 aromatic heterocycles. The van der Waals surface area contributed by atoms with E-state index in [9.17, 15) is 15.0 Å². The van der Waals surface area contributed by atoms with E-state index in [0.717, 1.165) is 38.0 Å². The topological polar surface area (TPSA) is 66.8 Å². The highest BCUT2D eigenvalue weighted by Gasteiger charge is 2.63. The molecule has 0 amide bonds. The van der Waals surface area contributed by atoms with Gasteiger partial charge in [-0.25, -0.2) is 0 Å². The van der Waals surface area contributed by atoms with Crippen LogP contribution in [0.5, 0.6) is 0 Å². The zero-order chi connectivity index (χ0) is 21.7. The summed E-state index contributed by atoms with van der Waals surface area (Å²) >= 11 is 0. The fourth-order valence-electron chi connectivity index (χ4n) is 8.94. The maximum Gasteiger partial charge on any atom is 0.305 e. The summed E-state index contributed by atoms with van der Waals surface area (Å²) in [4.78, 5) is 11.9. The van der Waals surface area contributed by atoms with E-state index in [1.165, 1.54) is 25.7 Å². The first-order chi connectivity index (χ1) is 14.2. The van der Waals surface area contributed by atoms with Crippen molar-refractivity contribution in [3.05, 3.63) is 0 Å². The highest BCUT2D eigenvalue weighted by molar-refractivity contribution is 5.69. The van der Waals surface area contributed by atoms with Gasteiger partial charge in [-0.05, 0) is 111 Å². The van der Waals surface area contributed by atoms with Crippen LogP contribution in [0.2, 0.25) is 0 Å². The summed E-state index contributed by atoms with van der Waals surface area (Å²) in [6, 6.07) is 0. The lowest BCUT2D eigenvalue weighted by Crippen LogP contribution is -2.58. The lowest BCUT2D eigenvalue weighted by atomic mass is 9.43. The first-order valence-corrected chi connectivity index (χ1v) is 12.7. The first kappa shape index (κ1) is 22.6. The van der Waals surface area contributed by atoms with Crippen LogP contribution in [0, 0.1) is 46.3 Å². The Balaban J connectivity index is 1.50. The molecular weight excluding hydrogens is 376 g/mol. The maximum atomic E-state index is 11.9. The molecule has 0 aromatic carbocycles. The Bertz CT molecular complexity index is 635. The molecule has 10 atom stereocenters. The number of hydrogen-bond acceptors (Lipinski definition) is 4. The Hall–Kier alpha value is -0.610. The van der Waals surface area contributed by atoms with Crippen LogP contribution >= 0.6 is 0 Å². The minimum Gasteiger partial charge on any atom is -0.466 e. The summed E-state index contributed by atoms with van der Waals surface area (Å²) in [6.45, 7) is 9.45. The van der Waals surface area contributed by atoms with Gasteiger partial charge in [0.05, 0.1) is 18.8 Å². The smallest absolute Gasteiger partial charge is 0.305 e. The molecule has 0 bridgehead atoms. The van der Waals surface area contributed by atoms with Crippen molar-refractivity contribution in [2.24, 2.45) is 46.3 Å². The summed E-state index contributed by atoms with van der Waals surface area (Å²) in [6.07, 6.45) is 9.88. The molecule has 30 heavy (non-hydrogen) atoms. The zero-order valence-electron chi connectivity index (χ0n) is 19.6. The van der Waals surface area contributed by atoms with E-state index in [4.69, 9.17) is 4.74 Å². The van der Waals surface area contributed by atoms with Gasteiger partial charge in [0.2, 0.25) is 0 Å². The van der Waals surface area contributed by atoms with Crippen LogP contribution in [0.25, 0.3) is 0 Å². The largest absolute Gasteiger partial charge is 0.466 e. The molecule has 4 heteroatoms. The van der Waals surface area contributed by atoms with Crippen LogP contribution < -0.4 is 0 Å². The second-order valence-corrected chi connectivity index (χ2v) is 11.7. The van der Waals surface area contributed by atoms with E-state index < -0.39 is 0 Å². The predicted octanol–water partition coefficient (Wildman–Crippen LogP) is 4.96. The van der Waals surface area contributed by atoms with Gasteiger partial charge >= 0.3 is 5.97 Å². The molecule has 4 aliphatic rings. The van der Waals surface area contributed by atoms with Crippen molar-refractivity contribution < 1.29 is 19.7 Å². The number of carbonyl (C=O) groups excluding carboxylic acids is 1. The van der Waals surface area contributed by atoms with Crippen LogP contribution in [-0.4, -0.2) is 35.0 Å². The number of aliphatic hydroxyl groups excluding tert-OH is 2. The summed E-state index contributed by atoms with van der Waals surface area (Å²) < 4.78 is 5.14. The Morgan fingerprint density at radius 1 is 1.07 bits per heavy atom. The summed E-state index contributed by atoms with van der Waals surface area (Å²) in [5.41, 5.74) is 0.269. The quantitative estimate of drug-likeness (QED) is 0.617. The van der Waals surface area contributed by atoms with Crippen molar-refractivity contribution in [2.45, 2.75) is 104 Å². The molecule has 0 aromatic rings. The number of carbonyl (C=O) groups is 1. The lowest BCUT2D eigenvalue weighted by molar-refractivity contribution is -0.175. The Morgan fingerprint density at radius 2 is 1.83 bits per heavy atom. The van der Waals surface area contributed by atoms with E-state index in [-0.39, 0.29) is 29.0 Å².